The van der Waals surface area contributed by atoms with Crippen LogP contribution in [0.25, 0.3) is 22.8 Å². The molecule has 3 rings (SSSR count). The van der Waals surface area contributed by atoms with Crippen LogP contribution in [0, 0.1) is 10.1 Å². The molecule has 1 heterocycles. The number of nitrogens with zero attached hydrogens (tertiary/aromatic N) is 2. The van der Waals surface area contributed by atoms with Gasteiger partial charge in [0, 0.05) is 17.7 Å². The second-order valence-electron chi connectivity index (χ2n) is 4.43. The van der Waals surface area contributed by atoms with E-state index in [0.717, 1.165) is 0 Å². The molecule has 7 heteroatoms. The van der Waals surface area contributed by atoms with Crippen molar-refractivity contribution in [2.24, 2.45) is 0 Å². The summed E-state index contributed by atoms with van der Waals surface area (Å²) in [6, 6.07) is 11.1. The lowest BCUT2D eigenvalue weighted by atomic mass is 10.2. The maximum Gasteiger partial charge on any atom is 0.269 e. The summed E-state index contributed by atoms with van der Waals surface area (Å²) in [5.74, 6) is 0.768. The molecule has 0 bridgehead atoms. The maximum atomic E-state index is 10.7. The van der Waals surface area contributed by atoms with Crippen molar-refractivity contribution >= 4 is 28.9 Å². The third-order valence-electron chi connectivity index (χ3n) is 3.04. The summed E-state index contributed by atoms with van der Waals surface area (Å²) in [5, 5.41) is 11.5. The first-order chi connectivity index (χ1) is 10.6. The van der Waals surface area contributed by atoms with E-state index in [1.54, 1.807) is 30.3 Å². The van der Waals surface area contributed by atoms with E-state index < -0.39 is 4.92 Å². The Morgan fingerprint density at radius 2 is 1.68 bits per heavy atom. The largest absolute Gasteiger partial charge is 0.436 e. The SMILES string of the molecule is O=[N+]([O-])c1ccc(-c2cnc(-c3c(Cl)cccc3Cl)o2)cc1. The fourth-order valence-corrected chi connectivity index (χ4v) is 2.53. The van der Waals surface area contributed by atoms with E-state index in [-0.39, 0.29) is 5.69 Å². The quantitative estimate of drug-likeness (QED) is 0.486. The van der Waals surface area contributed by atoms with Gasteiger partial charge in [-0.2, -0.15) is 0 Å². The molecule has 0 saturated carbocycles. The third kappa shape index (κ3) is 2.68. The summed E-state index contributed by atoms with van der Waals surface area (Å²) in [7, 11) is 0. The maximum absolute atomic E-state index is 10.7. The third-order valence-corrected chi connectivity index (χ3v) is 3.67. The number of hydrogen-bond donors (Lipinski definition) is 0. The summed E-state index contributed by atoms with van der Waals surface area (Å²) >= 11 is 12.2. The Labute approximate surface area is 135 Å². The van der Waals surface area contributed by atoms with E-state index in [9.17, 15) is 10.1 Å². The van der Waals surface area contributed by atoms with Crippen molar-refractivity contribution in [1.29, 1.82) is 0 Å². The van der Waals surface area contributed by atoms with E-state index in [1.165, 1.54) is 18.3 Å². The van der Waals surface area contributed by atoms with Crippen molar-refractivity contribution in [3.05, 3.63) is 68.8 Å². The topological polar surface area (TPSA) is 69.2 Å². The van der Waals surface area contributed by atoms with Crippen LogP contribution >= 0.6 is 23.2 Å². The smallest absolute Gasteiger partial charge is 0.269 e. The summed E-state index contributed by atoms with van der Waals surface area (Å²) < 4.78 is 5.67. The van der Waals surface area contributed by atoms with Crippen LogP contribution in [0.2, 0.25) is 10.0 Å². The van der Waals surface area contributed by atoms with Crippen molar-refractivity contribution in [2.45, 2.75) is 0 Å². The van der Waals surface area contributed by atoms with Crippen molar-refractivity contribution in [3.8, 4) is 22.8 Å². The zero-order valence-corrected chi connectivity index (χ0v) is 12.5. The summed E-state index contributed by atoms with van der Waals surface area (Å²) in [6.45, 7) is 0. The zero-order valence-electron chi connectivity index (χ0n) is 11.0. The van der Waals surface area contributed by atoms with Crippen LogP contribution in [-0.2, 0) is 0 Å². The molecule has 0 N–H and O–H groups in total. The minimum Gasteiger partial charge on any atom is -0.436 e. The summed E-state index contributed by atoms with van der Waals surface area (Å²) in [6.07, 6.45) is 1.52. The lowest BCUT2D eigenvalue weighted by Crippen LogP contribution is -1.86. The van der Waals surface area contributed by atoms with Gasteiger partial charge in [-0.05, 0) is 24.3 Å². The average molecular weight is 335 g/mol. The van der Waals surface area contributed by atoms with E-state index in [1.807, 2.05) is 0 Å². The van der Waals surface area contributed by atoms with Gasteiger partial charge < -0.3 is 4.42 Å². The van der Waals surface area contributed by atoms with Crippen LogP contribution in [0.4, 0.5) is 5.69 Å². The van der Waals surface area contributed by atoms with Gasteiger partial charge in [-0.1, -0.05) is 29.3 Å². The van der Waals surface area contributed by atoms with Crippen LogP contribution in [-0.4, -0.2) is 9.91 Å². The number of benzene rings is 2. The fraction of sp³-hybridized carbons (Fsp3) is 0. The lowest BCUT2D eigenvalue weighted by molar-refractivity contribution is -0.384. The number of hydrogen-bond acceptors (Lipinski definition) is 4. The van der Waals surface area contributed by atoms with Crippen molar-refractivity contribution in [3.63, 3.8) is 0 Å². The van der Waals surface area contributed by atoms with Crippen LogP contribution in [0.1, 0.15) is 0 Å². The van der Waals surface area contributed by atoms with Crippen molar-refractivity contribution in [1.82, 2.24) is 4.98 Å². The van der Waals surface area contributed by atoms with Gasteiger partial charge in [0.1, 0.15) is 0 Å². The highest BCUT2D eigenvalue weighted by Crippen LogP contribution is 2.35. The van der Waals surface area contributed by atoms with Gasteiger partial charge in [-0.25, -0.2) is 4.98 Å². The van der Waals surface area contributed by atoms with Gasteiger partial charge >= 0.3 is 0 Å². The number of halogens is 2. The molecule has 0 fully saturated rings. The highest BCUT2D eigenvalue weighted by Gasteiger charge is 2.15. The molecule has 1 aromatic heterocycles. The molecule has 0 aliphatic heterocycles. The first-order valence-corrected chi connectivity index (χ1v) is 6.97. The molecular weight excluding hydrogens is 327 g/mol. The molecule has 5 nitrogen and oxygen atoms in total. The average Bonchev–Trinajstić information content (AvgIpc) is 2.97. The molecule has 0 radical (unpaired) electrons. The fourth-order valence-electron chi connectivity index (χ4n) is 1.97. The van der Waals surface area contributed by atoms with E-state index in [4.69, 9.17) is 27.6 Å². The molecule has 0 unspecified atom stereocenters. The minimum atomic E-state index is -0.459. The van der Waals surface area contributed by atoms with Crippen LogP contribution in [0.15, 0.2) is 53.1 Å². The van der Waals surface area contributed by atoms with Gasteiger partial charge in [0.2, 0.25) is 5.89 Å². The molecule has 0 spiro atoms. The monoisotopic (exact) mass is 334 g/mol. The number of rotatable bonds is 3. The van der Waals surface area contributed by atoms with Crippen molar-refractivity contribution < 1.29 is 9.34 Å². The molecule has 110 valence electrons. The Morgan fingerprint density at radius 1 is 1.05 bits per heavy atom. The van der Waals surface area contributed by atoms with Gasteiger partial charge in [-0.3, -0.25) is 10.1 Å². The molecule has 3 aromatic rings. The van der Waals surface area contributed by atoms with Gasteiger partial charge in [0.15, 0.2) is 5.76 Å². The number of nitro benzene ring substituents is 1. The molecule has 0 saturated heterocycles. The highest BCUT2D eigenvalue weighted by atomic mass is 35.5. The Balaban J connectivity index is 1.99. The van der Waals surface area contributed by atoms with E-state index in [2.05, 4.69) is 4.98 Å². The second kappa shape index (κ2) is 5.79. The number of oxazole rings is 1. The number of aromatic nitrogens is 1. The number of non-ortho nitro benzene ring substituents is 1. The van der Waals surface area contributed by atoms with Gasteiger partial charge in [0.25, 0.3) is 5.69 Å². The van der Waals surface area contributed by atoms with Crippen LogP contribution in [0.3, 0.4) is 0 Å². The summed E-state index contributed by atoms with van der Waals surface area (Å²) in [5.41, 5.74) is 1.20. The second-order valence-corrected chi connectivity index (χ2v) is 5.24. The Morgan fingerprint density at radius 3 is 2.27 bits per heavy atom. The zero-order chi connectivity index (χ0) is 15.7. The number of nitro groups is 1. The van der Waals surface area contributed by atoms with Gasteiger partial charge in [0.05, 0.1) is 26.7 Å². The normalized spacial score (nSPS) is 10.6. The highest BCUT2D eigenvalue weighted by molar-refractivity contribution is 6.38. The first-order valence-electron chi connectivity index (χ1n) is 6.21. The Hall–Kier alpha value is -2.37. The predicted octanol–water partition coefficient (Wildman–Crippen LogP) is 5.22. The van der Waals surface area contributed by atoms with Gasteiger partial charge in [-0.15, -0.1) is 0 Å². The predicted molar refractivity (Wildman–Crippen MR) is 84.0 cm³/mol. The molecule has 2 aromatic carbocycles. The van der Waals surface area contributed by atoms with E-state index >= 15 is 0 Å². The van der Waals surface area contributed by atoms with Crippen molar-refractivity contribution in [2.75, 3.05) is 0 Å². The summed E-state index contributed by atoms with van der Waals surface area (Å²) in [4.78, 5) is 14.4. The molecule has 0 aliphatic rings. The van der Waals surface area contributed by atoms with Crippen LogP contribution in [0.5, 0.6) is 0 Å². The lowest BCUT2D eigenvalue weighted by Gasteiger charge is -2.02. The molecule has 0 aliphatic carbocycles. The Kier molecular flexibility index (Phi) is 3.83. The molecular formula is C15H8Cl2N2O3. The molecule has 0 amide bonds. The first kappa shape index (κ1) is 14.6. The minimum absolute atomic E-state index is 0.0117. The van der Waals surface area contributed by atoms with E-state index in [0.29, 0.717) is 32.8 Å². The molecule has 22 heavy (non-hydrogen) atoms. The van der Waals surface area contributed by atoms with Crippen LogP contribution < -0.4 is 0 Å². The Bertz CT molecular complexity index is 824. The standard InChI is InChI=1S/C15H8Cl2N2O3/c16-11-2-1-3-12(17)14(11)15-18-8-13(22-15)9-4-6-10(7-5-9)19(20)21/h1-8H. The molecule has 0 atom stereocenters.